The first kappa shape index (κ1) is 54.0. The van der Waals surface area contributed by atoms with Crippen LogP contribution in [0, 0.1) is 0 Å². The van der Waals surface area contributed by atoms with Crippen LogP contribution in [0.1, 0.15) is 226 Å². The van der Waals surface area contributed by atoms with E-state index >= 15 is 0 Å². The molecule has 0 rings (SSSR count). The van der Waals surface area contributed by atoms with Gasteiger partial charge < -0.3 is 27.9 Å². The highest BCUT2D eigenvalue weighted by molar-refractivity contribution is 7.45. The van der Waals surface area contributed by atoms with Gasteiger partial charge in [0.1, 0.15) is 19.8 Å². The standard InChI is InChI=1S/C45H90NO8P/c1-6-8-10-12-14-16-18-20-22-23-24-26-27-29-31-33-35-37-44(47)51-41-43(42-53-55(49,50)52-40-39-46(3,4)5)54-45(48)38-36-34-32-30-28-25-21-19-17-15-13-11-9-7-2/h43H,6-42H2,1-5H3. The molecular formula is C45H90NO8P. The van der Waals surface area contributed by atoms with E-state index in [9.17, 15) is 19.0 Å². The maximum atomic E-state index is 12.7. The van der Waals surface area contributed by atoms with E-state index in [1.54, 1.807) is 0 Å². The van der Waals surface area contributed by atoms with Crippen molar-refractivity contribution in [3.8, 4) is 0 Å². The predicted molar refractivity (Wildman–Crippen MR) is 227 cm³/mol. The minimum Gasteiger partial charge on any atom is -0.756 e. The van der Waals surface area contributed by atoms with Gasteiger partial charge in [-0.1, -0.05) is 200 Å². The van der Waals surface area contributed by atoms with Crippen LogP contribution < -0.4 is 4.89 Å². The highest BCUT2D eigenvalue weighted by Crippen LogP contribution is 2.38. The molecular weight excluding hydrogens is 713 g/mol. The molecule has 328 valence electrons. The number of phosphoric ester groups is 1. The fourth-order valence-electron chi connectivity index (χ4n) is 6.72. The quantitative estimate of drug-likeness (QED) is 0.0259. The lowest BCUT2D eigenvalue weighted by Gasteiger charge is -2.28. The van der Waals surface area contributed by atoms with Crippen LogP contribution in [0.2, 0.25) is 0 Å². The molecule has 0 N–H and O–H groups in total. The Morgan fingerprint density at radius 3 is 1.16 bits per heavy atom. The van der Waals surface area contributed by atoms with Crippen molar-refractivity contribution >= 4 is 19.8 Å². The van der Waals surface area contributed by atoms with Crippen LogP contribution in [0.4, 0.5) is 0 Å². The maximum Gasteiger partial charge on any atom is 0.306 e. The zero-order valence-electron chi connectivity index (χ0n) is 36.9. The molecule has 0 fully saturated rings. The molecule has 0 aromatic rings. The summed E-state index contributed by atoms with van der Waals surface area (Å²) in [4.78, 5) is 37.5. The first-order chi connectivity index (χ1) is 26.5. The number of quaternary nitrogens is 1. The largest absolute Gasteiger partial charge is 0.756 e. The summed E-state index contributed by atoms with van der Waals surface area (Å²) in [6.45, 7) is 4.27. The number of phosphoric acid groups is 1. The van der Waals surface area contributed by atoms with Crippen LogP contribution in [0.5, 0.6) is 0 Å². The number of hydrogen-bond donors (Lipinski definition) is 0. The summed E-state index contributed by atoms with van der Waals surface area (Å²) in [7, 11) is 1.18. The van der Waals surface area contributed by atoms with Gasteiger partial charge in [-0.3, -0.25) is 14.2 Å². The van der Waals surface area contributed by atoms with E-state index < -0.39 is 26.5 Å². The molecule has 10 heteroatoms. The SMILES string of the molecule is CCCCCCCCCCCCCCCCCCCC(=O)OCC(COP(=O)([O-])OCC[N+](C)(C)C)OC(=O)CCCCCCCCCCCCCCCC. The lowest BCUT2D eigenvalue weighted by atomic mass is 10.0. The molecule has 9 nitrogen and oxygen atoms in total. The Morgan fingerprint density at radius 2 is 0.818 bits per heavy atom. The molecule has 2 atom stereocenters. The molecule has 0 radical (unpaired) electrons. The second-order valence-corrected chi connectivity index (χ2v) is 18.5. The summed E-state index contributed by atoms with van der Waals surface area (Å²) >= 11 is 0. The zero-order valence-corrected chi connectivity index (χ0v) is 37.8. The van der Waals surface area contributed by atoms with Gasteiger partial charge in [-0.15, -0.1) is 0 Å². The lowest BCUT2D eigenvalue weighted by molar-refractivity contribution is -0.870. The maximum absolute atomic E-state index is 12.7. The van der Waals surface area contributed by atoms with E-state index in [2.05, 4.69) is 13.8 Å². The summed E-state index contributed by atoms with van der Waals surface area (Å²) in [5.41, 5.74) is 0. The zero-order chi connectivity index (χ0) is 40.7. The number of rotatable bonds is 43. The fourth-order valence-corrected chi connectivity index (χ4v) is 7.44. The number of nitrogens with zero attached hydrogens (tertiary/aromatic N) is 1. The monoisotopic (exact) mass is 804 g/mol. The Labute approximate surface area is 340 Å². The van der Waals surface area contributed by atoms with Gasteiger partial charge in [0.25, 0.3) is 7.82 Å². The second kappa shape index (κ2) is 38.5. The van der Waals surface area contributed by atoms with E-state index in [0.29, 0.717) is 17.4 Å². The highest BCUT2D eigenvalue weighted by Gasteiger charge is 2.21. The van der Waals surface area contributed by atoms with Crippen LogP contribution in [0.15, 0.2) is 0 Å². The average Bonchev–Trinajstić information content (AvgIpc) is 3.13. The molecule has 0 aliphatic carbocycles. The number of unbranched alkanes of at least 4 members (excludes halogenated alkanes) is 29. The molecule has 0 aromatic carbocycles. The minimum atomic E-state index is -4.62. The summed E-state index contributed by atoms with van der Waals surface area (Å²) in [6.07, 6.45) is 38.3. The fraction of sp³-hybridized carbons (Fsp3) is 0.956. The molecule has 0 saturated carbocycles. The Balaban J connectivity index is 4.27. The van der Waals surface area contributed by atoms with Crippen molar-refractivity contribution in [1.82, 2.24) is 0 Å². The van der Waals surface area contributed by atoms with Crippen molar-refractivity contribution in [1.29, 1.82) is 0 Å². The van der Waals surface area contributed by atoms with Gasteiger partial charge >= 0.3 is 11.9 Å². The van der Waals surface area contributed by atoms with E-state index in [-0.39, 0.29) is 32.0 Å². The topological polar surface area (TPSA) is 111 Å². The van der Waals surface area contributed by atoms with Crippen LogP contribution in [-0.4, -0.2) is 70.0 Å². The normalized spacial score (nSPS) is 13.5. The summed E-state index contributed by atoms with van der Waals surface area (Å²) in [5, 5.41) is 0. The molecule has 0 bridgehead atoms. The summed E-state index contributed by atoms with van der Waals surface area (Å²) in [6, 6.07) is 0. The van der Waals surface area contributed by atoms with Crippen molar-refractivity contribution in [2.75, 3.05) is 47.5 Å². The summed E-state index contributed by atoms with van der Waals surface area (Å²) < 4.78 is 33.9. The molecule has 0 heterocycles. The minimum absolute atomic E-state index is 0.0256. The Kier molecular flexibility index (Phi) is 37.8. The number of ether oxygens (including phenoxy) is 2. The van der Waals surface area contributed by atoms with Crippen molar-refractivity contribution in [2.24, 2.45) is 0 Å². The second-order valence-electron chi connectivity index (χ2n) is 17.1. The van der Waals surface area contributed by atoms with Crippen LogP contribution in [0.25, 0.3) is 0 Å². The Hall–Kier alpha value is -0.990. The first-order valence-corrected chi connectivity index (χ1v) is 24.7. The molecule has 0 amide bonds. The van der Waals surface area contributed by atoms with Gasteiger partial charge in [0.15, 0.2) is 6.10 Å². The third kappa shape index (κ3) is 42.4. The van der Waals surface area contributed by atoms with E-state index in [1.807, 2.05) is 21.1 Å². The van der Waals surface area contributed by atoms with Crippen LogP contribution in [0.3, 0.4) is 0 Å². The Morgan fingerprint density at radius 1 is 0.491 bits per heavy atom. The molecule has 0 aliphatic rings. The van der Waals surface area contributed by atoms with Crippen LogP contribution >= 0.6 is 7.82 Å². The van der Waals surface area contributed by atoms with E-state index in [1.165, 1.54) is 161 Å². The van der Waals surface area contributed by atoms with Gasteiger partial charge in [-0.25, -0.2) is 0 Å². The van der Waals surface area contributed by atoms with Crippen molar-refractivity contribution in [3.05, 3.63) is 0 Å². The number of esters is 2. The molecule has 0 aromatic heterocycles. The van der Waals surface area contributed by atoms with Gasteiger partial charge in [-0.2, -0.15) is 0 Å². The van der Waals surface area contributed by atoms with Gasteiger partial charge in [0.2, 0.25) is 0 Å². The molecule has 2 unspecified atom stereocenters. The Bertz CT molecular complexity index is 912. The van der Waals surface area contributed by atoms with Gasteiger partial charge in [-0.05, 0) is 12.8 Å². The van der Waals surface area contributed by atoms with Gasteiger partial charge in [0.05, 0.1) is 27.7 Å². The first-order valence-electron chi connectivity index (χ1n) is 23.2. The van der Waals surface area contributed by atoms with Crippen LogP contribution in [-0.2, 0) is 32.7 Å². The van der Waals surface area contributed by atoms with Crippen molar-refractivity contribution in [3.63, 3.8) is 0 Å². The number of likely N-dealkylation sites (N-methyl/N-ethyl adjacent to an activating group) is 1. The van der Waals surface area contributed by atoms with E-state index in [4.69, 9.17) is 18.5 Å². The molecule has 0 spiro atoms. The third-order valence-electron chi connectivity index (χ3n) is 10.4. The molecule has 55 heavy (non-hydrogen) atoms. The molecule has 0 saturated heterocycles. The lowest BCUT2D eigenvalue weighted by Crippen LogP contribution is -2.37. The van der Waals surface area contributed by atoms with Crippen molar-refractivity contribution < 1.29 is 42.1 Å². The number of carbonyl (C=O) groups excluding carboxylic acids is 2. The average molecular weight is 804 g/mol. The van der Waals surface area contributed by atoms with Gasteiger partial charge in [0, 0.05) is 12.8 Å². The number of hydrogen-bond acceptors (Lipinski definition) is 8. The smallest absolute Gasteiger partial charge is 0.306 e. The van der Waals surface area contributed by atoms with E-state index in [0.717, 1.165) is 32.1 Å². The van der Waals surface area contributed by atoms with Crippen molar-refractivity contribution in [2.45, 2.75) is 232 Å². The summed E-state index contributed by atoms with van der Waals surface area (Å²) in [5.74, 6) is -0.818. The number of carbonyl (C=O) groups is 2. The predicted octanol–water partition coefficient (Wildman–Crippen LogP) is 12.6. The highest BCUT2D eigenvalue weighted by atomic mass is 31.2. The molecule has 0 aliphatic heterocycles. The third-order valence-corrected chi connectivity index (χ3v) is 11.3.